The number of piperidine rings is 1. The first kappa shape index (κ1) is 13.2. The average molecular weight is 271 g/mol. The SMILES string of the molecule is CC1CCN(C(=O)c2c[nH]c3ccccc23)C(CN)C1. The second-order valence-electron chi connectivity index (χ2n) is 5.77. The van der Waals surface area contributed by atoms with E-state index in [0.717, 1.165) is 35.9 Å². The van der Waals surface area contributed by atoms with Gasteiger partial charge in [0.2, 0.25) is 0 Å². The van der Waals surface area contributed by atoms with Crippen LogP contribution in [0, 0.1) is 5.92 Å². The van der Waals surface area contributed by atoms with E-state index < -0.39 is 0 Å². The van der Waals surface area contributed by atoms with Gasteiger partial charge in [0.25, 0.3) is 5.91 Å². The highest BCUT2D eigenvalue weighted by molar-refractivity contribution is 6.06. The van der Waals surface area contributed by atoms with Crippen molar-refractivity contribution >= 4 is 16.8 Å². The van der Waals surface area contributed by atoms with Crippen LogP contribution in [0.25, 0.3) is 10.9 Å². The highest BCUT2D eigenvalue weighted by Gasteiger charge is 2.30. The van der Waals surface area contributed by atoms with Gasteiger partial charge >= 0.3 is 0 Å². The summed E-state index contributed by atoms with van der Waals surface area (Å²) in [5.41, 5.74) is 7.62. The first-order chi connectivity index (χ1) is 9.70. The summed E-state index contributed by atoms with van der Waals surface area (Å²) in [5, 5.41) is 0.992. The number of fused-ring (bicyclic) bond motifs is 1. The molecule has 4 nitrogen and oxygen atoms in total. The molecule has 4 heteroatoms. The van der Waals surface area contributed by atoms with Crippen LogP contribution in [0.2, 0.25) is 0 Å². The normalized spacial score (nSPS) is 23.2. The van der Waals surface area contributed by atoms with Gasteiger partial charge in [-0.1, -0.05) is 25.1 Å². The zero-order valence-corrected chi connectivity index (χ0v) is 11.8. The molecule has 0 saturated carbocycles. The molecule has 2 unspecified atom stereocenters. The number of carbonyl (C=O) groups is 1. The van der Waals surface area contributed by atoms with Crippen molar-refractivity contribution in [3.63, 3.8) is 0 Å². The number of aromatic amines is 1. The highest BCUT2D eigenvalue weighted by atomic mass is 16.2. The monoisotopic (exact) mass is 271 g/mol. The lowest BCUT2D eigenvalue weighted by Crippen LogP contribution is -2.49. The molecule has 2 aromatic rings. The second-order valence-corrected chi connectivity index (χ2v) is 5.77. The lowest BCUT2D eigenvalue weighted by atomic mass is 9.92. The number of hydrogen-bond acceptors (Lipinski definition) is 2. The van der Waals surface area contributed by atoms with Crippen LogP contribution in [0.4, 0.5) is 0 Å². The van der Waals surface area contributed by atoms with Crippen molar-refractivity contribution in [3.05, 3.63) is 36.0 Å². The van der Waals surface area contributed by atoms with Crippen LogP contribution in [0.5, 0.6) is 0 Å². The number of hydrogen-bond donors (Lipinski definition) is 2. The summed E-state index contributed by atoms with van der Waals surface area (Å²) in [7, 11) is 0. The number of H-pyrrole nitrogens is 1. The van der Waals surface area contributed by atoms with E-state index in [9.17, 15) is 4.79 Å². The highest BCUT2D eigenvalue weighted by Crippen LogP contribution is 2.26. The first-order valence-corrected chi connectivity index (χ1v) is 7.28. The maximum absolute atomic E-state index is 12.8. The third-order valence-electron chi connectivity index (χ3n) is 4.33. The Morgan fingerprint density at radius 2 is 2.25 bits per heavy atom. The van der Waals surface area contributed by atoms with Crippen LogP contribution in [-0.2, 0) is 0 Å². The van der Waals surface area contributed by atoms with Gasteiger partial charge in [-0.05, 0) is 24.8 Å². The van der Waals surface area contributed by atoms with Crippen LogP contribution < -0.4 is 5.73 Å². The Morgan fingerprint density at radius 1 is 1.45 bits per heavy atom. The number of amides is 1. The van der Waals surface area contributed by atoms with Gasteiger partial charge in [-0.2, -0.15) is 0 Å². The number of nitrogens with one attached hydrogen (secondary N) is 1. The van der Waals surface area contributed by atoms with Crippen molar-refractivity contribution in [2.24, 2.45) is 11.7 Å². The van der Waals surface area contributed by atoms with E-state index in [2.05, 4.69) is 11.9 Å². The molecule has 1 amide bonds. The minimum absolute atomic E-state index is 0.102. The molecule has 0 bridgehead atoms. The lowest BCUT2D eigenvalue weighted by Gasteiger charge is -2.38. The van der Waals surface area contributed by atoms with Crippen LogP contribution >= 0.6 is 0 Å². The van der Waals surface area contributed by atoms with E-state index in [-0.39, 0.29) is 11.9 Å². The van der Waals surface area contributed by atoms with Gasteiger partial charge in [0.1, 0.15) is 0 Å². The Morgan fingerprint density at radius 3 is 3.05 bits per heavy atom. The summed E-state index contributed by atoms with van der Waals surface area (Å²) < 4.78 is 0. The molecule has 0 radical (unpaired) electrons. The van der Waals surface area contributed by atoms with Gasteiger partial charge in [-0.3, -0.25) is 4.79 Å². The number of nitrogens with zero attached hydrogens (tertiary/aromatic N) is 1. The Kier molecular flexibility index (Phi) is 3.49. The number of benzene rings is 1. The number of aromatic nitrogens is 1. The Balaban J connectivity index is 1.91. The number of carbonyl (C=O) groups excluding carboxylic acids is 1. The van der Waals surface area contributed by atoms with Gasteiger partial charge < -0.3 is 15.6 Å². The fraction of sp³-hybridized carbons (Fsp3) is 0.438. The fourth-order valence-corrected chi connectivity index (χ4v) is 3.15. The van der Waals surface area contributed by atoms with Crippen molar-refractivity contribution in [2.75, 3.05) is 13.1 Å². The van der Waals surface area contributed by atoms with Gasteiger partial charge in [0.15, 0.2) is 0 Å². The van der Waals surface area contributed by atoms with Crippen molar-refractivity contribution in [1.29, 1.82) is 0 Å². The molecule has 1 fully saturated rings. The smallest absolute Gasteiger partial charge is 0.256 e. The Hall–Kier alpha value is -1.81. The second kappa shape index (κ2) is 5.29. The predicted octanol–water partition coefficient (Wildman–Crippen LogP) is 2.37. The number of nitrogens with two attached hydrogens (primary N) is 1. The van der Waals surface area contributed by atoms with E-state index in [0.29, 0.717) is 12.5 Å². The summed E-state index contributed by atoms with van der Waals surface area (Å²) in [4.78, 5) is 17.9. The Labute approximate surface area is 118 Å². The first-order valence-electron chi connectivity index (χ1n) is 7.28. The minimum atomic E-state index is 0.102. The molecule has 2 atom stereocenters. The molecular weight excluding hydrogens is 250 g/mol. The third-order valence-corrected chi connectivity index (χ3v) is 4.33. The number of para-hydroxylation sites is 1. The summed E-state index contributed by atoms with van der Waals surface area (Å²) in [6, 6.07) is 8.08. The van der Waals surface area contributed by atoms with E-state index >= 15 is 0 Å². The van der Waals surface area contributed by atoms with E-state index in [4.69, 9.17) is 5.73 Å². The van der Waals surface area contributed by atoms with E-state index in [1.807, 2.05) is 35.4 Å². The maximum atomic E-state index is 12.8. The average Bonchev–Trinajstić information content (AvgIpc) is 2.90. The van der Waals surface area contributed by atoms with Crippen LogP contribution in [0.3, 0.4) is 0 Å². The van der Waals surface area contributed by atoms with Gasteiger partial charge in [-0.25, -0.2) is 0 Å². The standard InChI is InChI=1S/C16H21N3O/c1-11-6-7-19(12(8-11)9-17)16(20)14-10-18-15-5-3-2-4-13(14)15/h2-5,10-12,18H,6-9,17H2,1H3. The summed E-state index contributed by atoms with van der Waals surface area (Å²) in [6.07, 6.45) is 3.88. The van der Waals surface area contributed by atoms with Crippen LogP contribution in [0.1, 0.15) is 30.1 Å². The fourth-order valence-electron chi connectivity index (χ4n) is 3.15. The largest absolute Gasteiger partial charge is 0.360 e. The molecule has 2 heterocycles. The summed E-state index contributed by atoms with van der Waals surface area (Å²) >= 11 is 0. The molecule has 3 N–H and O–H groups in total. The third kappa shape index (κ3) is 2.20. The van der Waals surface area contributed by atoms with Gasteiger partial charge in [-0.15, -0.1) is 0 Å². The van der Waals surface area contributed by atoms with E-state index in [1.54, 1.807) is 0 Å². The van der Waals surface area contributed by atoms with Crippen LogP contribution in [0.15, 0.2) is 30.5 Å². The maximum Gasteiger partial charge on any atom is 0.256 e. The molecule has 1 aliphatic heterocycles. The number of rotatable bonds is 2. The van der Waals surface area contributed by atoms with Crippen molar-refractivity contribution in [2.45, 2.75) is 25.8 Å². The molecule has 20 heavy (non-hydrogen) atoms. The quantitative estimate of drug-likeness (QED) is 0.881. The molecule has 1 saturated heterocycles. The molecule has 1 aromatic carbocycles. The molecular formula is C16H21N3O. The van der Waals surface area contributed by atoms with Gasteiger partial charge in [0.05, 0.1) is 5.56 Å². The topological polar surface area (TPSA) is 62.1 Å². The predicted molar refractivity (Wildman–Crippen MR) is 80.6 cm³/mol. The Bertz CT molecular complexity index is 619. The van der Waals surface area contributed by atoms with Crippen LogP contribution in [-0.4, -0.2) is 34.9 Å². The summed E-state index contributed by atoms with van der Waals surface area (Å²) in [6.45, 7) is 3.58. The molecule has 0 aliphatic carbocycles. The lowest BCUT2D eigenvalue weighted by molar-refractivity contribution is 0.0575. The molecule has 106 valence electrons. The molecule has 0 spiro atoms. The summed E-state index contributed by atoms with van der Waals surface area (Å²) in [5.74, 6) is 0.750. The molecule has 1 aliphatic rings. The zero-order valence-electron chi connectivity index (χ0n) is 11.8. The van der Waals surface area contributed by atoms with Crippen molar-refractivity contribution in [3.8, 4) is 0 Å². The molecule has 1 aromatic heterocycles. The number of likely N-dealkylation sites (tertiary alicyclic amines) is 1. The van der Waals surface area contributed by atoms with Gasteiger partial charge in [0, 0.05) is 36.2 Å². The van der Waals surface area contributed by atoms with Crippen molar-refractivity contribution in [1.82, 2.24) is 9.88 Å². The minimum Gasteiger partial charge on any atom is -0.360 e. The molecule has 3 rings (SSSR count). The zero-order chi connectivity index (χ0) is 14.1. The van der Waals surface area contributed by atoms with E-state index in [1.165, 1.54) is 0 Å². The van der Waals surface area contributed by atoms with Crippen molar-refractivity contribution < 1.29 is 4.79 Å².